The van der Waals surface area contributed by atoms with E-state index >= 15 is 0 Å². The molecule has 0 bridgehead atoms. The lowest BCUT2D eigenvalue weighted by Gasteiger charge is -2.26. The van der Waals surface area contributed by atoms with Gasteiger partial charge in [0.15, 0.2) is 0 Å². The molecule has 5 heterocycles. The van der Waals surface area contributed by atoms with Gasteiger partial charge in [0.05, 0.1) is 34.3 Å². The summed E-state index contributed by atoms with van der Waals surface area (Å²) >= 11 is 1.32. The van der Waals surface area contributed by atoms with Gasteiger partial charge in [-0.25, -0.2) is 4.98 Å². The number of rotatable bonds is 5. The summed E-state index contributed by atoms with van der Waals surface area (Å²) in [6, 6.07) is 4.51. The van der Waals surface area contributed by atoms with Crippen molar-refractivity contribution < 1.29 is 27.5 Å². The van der Waals surface area contributed by atoms with Crippen LogP contribution in [0.5, 0.6) is 5.75 Å². The zero-order chi connectivity index (χ0) is 27.0. The predicted octanol–water partition coefficient (Wildman–Crippen LogP) is 4.96. The first-order valence-electron chi connectivity index (χ1n) is 12.7. The summed E-state index contributed by atoms with van der Waals surface area (Å²) in [7, 11) is 0. The molecule has 200 valence electrons. The molecule has 1 unspecified atom stereocenters. The minimum atomic E-state index is -4.62. The number of fused-ring (bicyclic) bond motifs is 2. The largest absolute Gasteiger partial charge is 0.487 e. The van der Waals surface area contributed by atoms with Gasteiger partial charge in [-0.2, -0.15) is 13.2 Å². The SMILES string of the molecule is Cc1nc(C(F)(F)F)cc(-c2ccnc3cc(CN4C(=O)C5[C@H](C4=O)C5(C)C)sc23)c1O[C@H]1CCCNC1. The van der Waals surface area contributed by atoms with E-state index in [2.05, 4.69) is 15.3 Å². The average molecular weight is 545 g/mol. The van der Waals surface area contributed by atoms with Crippen LogP contribution < -0.4 is 10.1 Å². The van der Waals surface area contributed by atoms with E-state index in [0.717, 1.165) is 30.3 Å². The number of carbonyl (C=O) groups excluding carboxylic acids is 2. The van der Waals surface area contributed by atoms with E-state index in [1.807, 2.05) is 13.8 Å². The number of carbonyl (C=O) groups is 2. The molecule has 3 aromatic rings. The molecular formula is C27H27F3N4O3S. The predicted molar refractivity (Wildman–Crippen MR) is 135 cm³/mol. The van der Waals surface area contributed by atoms with E-state index in [4.69, 9.17) is 4.74 Å². The van der Waals surface area contributed by atoms with Crippen molar-refractivity contribution in [3.05, 3.63) is 40.7 Å². The molecule has 2 saturated heterocycles. The minimum absolute atomic E-state index is 0.126. The number of alkyl halides is 3. The first kappa shape index (κ1) is 25.2. The van der Waals surface area contributed by atoms with E-state index in [9.17, 15) is 22.8 Å². The summed E-state index contributed by atoms with van der Waals surface area (Å²) in [5.41, 5.74) is 0.310. The molecule has 0 aromatic carbocycles. The quantitative estimate of drug-likeness (QED) is 0.458. The summed E-state index contributed by atoms with van der Waals surface area (Å²) in [4.78, 5) is 36.0. The van der Waals surface area contributed by atoms with Gasteiger partial charge in [-0.05, 0) is 49.9 Å². The highest BCUT2D eigenvalue weighted by Crippen LogP contribution is 2.63. The second kappa shape index (κ2) is 8.74. The highest BCUT2D eigenvalue weighted by molar-refractivity contribution is 7.19. The van der Waals surface area contributed by atoms with Crippen LogP contribution in [0.15, 0.2) is 24.4 Å². The Morgan fingerprint density at radius 1 is 1.18 bits per heavy atom. The molecule has 11 heteroatoms. The van der Waals surface area contributed by atoms with E-state index < -0.39 is 11.9 Å². The number of piperidine rings is 2. The molecule has 7 nitrogen and oxygen atoms in total. The first-order chi connectivity index (χ1) is 18.0. The third-order valence-corrected chi connectivity index (χ3v) is 9.07. The maximum absolute atomic E-state index is 13.8. The molecule has 3 atom stereocenters. The van der Waals surface area contributed by atoms with Crippen LogP contribution >= 0.6 is 11.3 Å². The first-order valence-corrected chi connectivity index (χ1v) is 13.5. The summed E-state index contributed by atoms with van der Waals surface area (Å²) in [5.74, 6) is -0.541. The van der Waals surface area contributed by atoms with E-state index in [-0.39, 0.29) is 47.4 Å². The lowest BCUT2D eigenvalue weighted by atomic mass is 10.0. The molecule has 3 fully saturated rings. The van der Waals surface area contributed by atoms with Crippen molar-refractivity contribution in [3.63, 3.8) is 0 Å². The van der Waals surface area contributed by atoms with Gasteiger partial charge in [0.1, 0.15) is 17.5 Å². The molecule has 3 aromatic heterocycles. The number of nitrogens with zero attached hydrogens (tertiary/aromatic N) is 3. The number of halogens is 3. The lowest BCUT2D eigenvalue weighted by Crippen LogP contribution is -2.37. The summed E-state index contributed by atoms with van der Waals surface area (Å²) in [5, 5.41) is 3.26. The minimum Gasteiger partial charge on any atom is -0.487 e. The molecule has 38 heavy (non-hydrogen) atoms. The van der Waals surface area contributed by atoms with Gasteiger partial charge in [0.2, 0.25) is 11.8 Å². The van der Waals surface area contributed by atoms with Crippen LogP contribution in [0, 0.1) is 24.2 Å². The number of hydrogen-bond acceptors (Lipinski definition) is 7. The Labute approximate surface area is 221 Å². The zero-order valence-electron chi connectivity index (χ0n) is 21.2. The molecule has 1 aliphatic carbocycles. The number of ether oxygens (including phenoxy) is 1. The van der Waals surface area contributed by atoms with E-state index in [1.54, 1.807) is 18.3 Å². The Morgan fingerprint density at radius 2 is 1.92 bits per heavy atom. The van der Waals surface area contributed by atoms with Crippen LogP contribution in [-0.2, 0) is 22.3 Å². The number of imide groups is 1. The highest BCUT2D eigenvalue weighted by Gasteiger charge is 2.72. The van der Waals surface area contributed by atoms with Crippen LogP contribution in [0.1, 0.15) is 43.0 Å². The van der Waals surface area contributed by atoms with Crippen molar-refractivity contribution in [3.8, 4) is 16.9 Å². The lowest BCUT2D eigenvalue weighted by molar-refractivity contribution is -0.144. The normalized spacial score (nSPS) is 24.7. The van der Waals surface area contributed by atoms with Gasteiger partial charge in [-0.15, -0.1) is 11.3 Å². The molecule has 3 aliphatic rings. The topological polar surface area (TPSA) is 84.4 Å². The maximum Gasteiger partial charge on any atom is 0.433 e. The Hall–Kier alpha value is -3.05. The van der Waals surface area contributed by atoms with Crippen molar-refractivity contribution >= 4 is 33.4 Å². The molecule has 1 N–H and O–H groups in total. The molecule has 0 radical (unpaired) electrons. The third kappa shape index (κ3) is 4.07. The molecule has 0 spiro atoms. The van der Waals surface area contributed by atoms with E-state index in [1.165, 1.54) is 23.2 Å². The number of nitrogens with one attached hydrogen (secondary N) is 1. The highest BCUT2D eigenvalue weighted by atomic mass is 32.1. The number of pyridine rings is 2. The number of hydrogen-bond donors (Lipinski definition) is 1. The standard InChI is InChI=1S/C27H27F3N4O3S/c1-13-22(37-14-5-4-7-31-11-14)17(10-19(33-13)27(28,29)30)16-6-8-32-18-9-15(38-23(16)18)12-34-24(35)20-21(25(34)36)26(20,2)3/h6,8-10,14,20-21,31H,4-5,7,11-12H2,1-3H3/t14-,20+,21?/m0/s1. The van der Waals surface area contributed by atoms with Gasteiger partial charge in [0, 0.05) is 28.7 Å². The average Bonchev–Trinajstić information content (AvgIpc) is 3.10. The van der Waals surface area contributed by atoms with Crippen LogP contribution in [0.25, 0.3) is 21.3 Å². The number of aromatic nitrogens is 2. The third-order valence-electron chi connectivity index (χ3n) is 7.93. The van der Waals surface area contributed by atoms with Crippen molar-refractivity contribution in [1.82, 2.24) is 20.2 Å². The van der Waals surface area contributed by atoms with Crippen LogP contribution in [0.2, 0.25) is 0 Å². The summed E-state index contributed by atoms with van der Waals surface area (Å²) in [6.07, 6.45) is -1.56. The van der Waals surface area contributed by atoms with Crippen LogP contribution in [0.4, 0.5) is 13.2 Å². The van der Waals surface area contributed by atoms with Gasteiger partial charge < -0.3 is 10.1 Å². The van der Waals surface area contributed by atoms with Crippen molar-refractivity contribution in [2.45, 2.75) is 52.4 Å². The van der Waals surface area contributed by atoms with Gasteiger partial charge in [-0.1, -0.05) is 13.8 Å². The molecule has 2 aliphatic heterocycles. The Balaban J connectivity index is 1.39. The Kier molecular flexibility index (Phi) is 5.80. The van der Waals surface area contributed by atoms with Crippen molar-refractivity contribution in [2.24, 2.45) is 17.3 Å². The van der Waals surface area contributed by atoms with E-state index in [0.29, 0.717) is 33.6 Å². The number of amides is 2. The molecule has 1 saturated carbocycles. The fourth-order valence-corrected chi connectivity index (χ4v) is 6.97. The van der Waals surface area contributed by atoms with Crippen LogP contribution in [-0.4, -0.2) is 45.9 Å². The van der Waals surface area contributed by atoms with Crippen molar-refractivity contribution in [1.29, 1.82) is 0 Å². The zero-order valence-corrected chi connectivity index (χ0v) is 22.0. The smallest absolute Gasteiger partial charge is 0.433 e. The molecular weight excluding hydrogens is 517 g/mol. The van der Waals surface area contributed by atoms with Gasteiger partial charge in [-0.3, -0.25) is 19.5 Å². The fraction of sp³-hybridized carbons (Fsp3) is 0.481. The Bertz CT molecular complexity index is 1440. The van der Waals surface area contributed by atoms with Crippen LogP contribution in [0.3, 0.4) is 0 Å². The summed E-state index contributed by atoms with van der Waals surface area (Å²) < 4.78 is 48.2. The number of aryl methyl sites for hydroxylation is 1. The summed E-state index contributed by atoms with van der Waals surface area (Å²) in [6.45, 7) is 6.99. The maximum atomic E-state index is 13.8. The van der Waals surface area contributed by atoms with Gasteiger partial charge in [0.25, 0.3) is 0 Å². The molecule has 6 rings (SSSR count). The Morgan fingerprint density at radius 3 is 2.58 bits per heavy atom. The second-order valence-corrected chi connectivity index (χ2v) is 12.0. The molecule has 2 amide bonds. The fourth-order valence-electron chi connectivity index (χ4n) is 5.84. The van der Waals surface area contributed by atoms with Gasteiger partial charge >= 0.3 is 6.18 Å². The number of likely N-dealkylation sites (tertiary alicyclic amines) is 1. The monoisotopic (exact) mass is 544 g/mol. The van der Waals surface area contributed by atoms with Crippen molar-refractivity contribution in [2.75, 3.05) is 13.1 Å². The number of thiophene rings is 1. The second-order valence-electron chi connectivity index (χ2n) is 10.9.